The zero-order valence-corrected chi connectivity index (χ0v) is 7.35. The summed E-state index contributed by atoms with van der Waals surface area (Å²) in [6.45, 7) is 4.97. The minimum absolute atomic E-state index is 0.528. The second-order valence-corrected chi connectivity index (χ2v) is 3.05. The van der Waals surface area contributed by atoms with Crippen LogP contribution in [0.3, 0.4) is 0 Å². The monoisotopic (exact) mass is 155 g/mol. The summed E-state index contributed by atoms with van der Waals surface area (Å²) in [5.74, 6) is 2.46. The van der Waals surface area contributed by atoms with Gasteiger partial charge in [-0.05, 0) is 13.3 Å². The Bertz CT molecular complexity index is 135. The molecule has 0 fully saturated rings. The summed E-state index contributed by atoms with van der Waals surface area (Å²) in [6, 6.07) is 0. The third-order valence-corrected chi connectivity index (χ3v) is 1.52. The Balaban J connectivity index is 3.48. The lowest BCUT2D eigenvalue weighted by molar-refractivity contribution is 0.0512. The smallest absolute Gasteiger partial charge is 0.0743 e. The first-order valence-electron chi connectivity index (χ1n) is 3.99. The van der Waals surface area contributed by atoms with Gasteiger partial charge in [-0.3, -0.25) is 0 Å². The van der Waals surface area contributed by atoms with Gasteiger partial charge in [-0.25, -0.2) is 0 Å². The largest absolute Gasteiger partial charge is 0.389 e. The quantitative estimate of drug-likeness (QED) is 0.454. The lowest BCUT2D eigenvalue weighted by Crippen LogP contribution is -2.37. The molecule has 2 nitrogen and oxygen atoms in total. The maximum atomic E-state index is 9.61. The molecule has 0 aliphatic rings. The van der Waals surface area contributed by atoms with Crippen LogP contribution in [0.4, 0.5) is 0 Å². The Morgan fingerprint density at radius 1 is 1.64 bits per heavy atom. The van der Waals surface area contributed by atoms with E-state index in [9.17, 15) is 5.11 Å². The molecule has 1 atom stereocenters. The van der Waals surface area contributed by atoms with Crippen LogP contribution in [0.5, 0.6) is 0 Å². The van der Waals surface area contributed by atoms with E-state index in [0.29, 0.717) is 13.1 Å². The highest BCUT2D eigenvalue weighted by Crippen LogP contribution is 2.09. The van der Waals surface area contributed by atoms with Crippen LogP contribution in [0.25, 0.3) is 0 Å². The Kier molecular flexibility index (Phi) is 4.93. The molecule has 11 heavy (non-hydrogen) atoms. The number of terminal acetylenes is 1. The van der Waals surface area contributed by atoms with Gasteiger partial charge >= 0.3 is 0 Å². The molecule has 0 aromatic heterocycles. The third-order valence-electron chi connectivity index (χ3n) is 1.52. The van der Waals surface area contributed by atoms with Gasteiger partial charge in [0.15, 0.2) is 0 Å². The molecule has 0 aliphatic carbocycles. The number of hydrogen-bond acceptors (Lipinski definition) is 2. The van der Waals surface area contributed by atoms with Crippen LogP contribution in [0.1, 0.15) is 26.7 Å². The van der Waals surface area contributed by atoms with Gasteiger partial charge in [0.25, 0.3) is 0 Å². The van der Waals surface area contributed by atoms with Gasteiger partial charge in [0, 0.05) is 6.54 Å². The first-order chi connectivity index (χ1) is 5.12. The standard InChI is InChI=1S/C9H17NO/c1-4-6-9(3,11)8-10-7-5-2/h2,10-11H,4,6-8H2,1,3H3. The molecule has 0 radical (unpaired) electrons. The van der Waals surface area contributed by atoms with Crippen molar-refractivity contribution in [2.45, 2.75) is 32.3 Å². The average Bonchev–Trinajstić information content (AvgIpc) is 1.87. The van der Waals surface area contributed by atoms with E-state index in [-0.39, 0.29) is 0 Å². The number of hydrogen-bond donors (Lipinski definition) is 2. The lowest BCUT2D eigenvalue weighted by atomic mass is 10.0. The van der Waals surface area contributed by atoms with Gasteiger partial charge in [0.05, 0.1) is 12.1 Å². The fourth-order valence-corrected chi connectivity index (χ4v) is 1.03. The summed E-state index contributed by atoms with van der Waals surface area (Å²) in [7, 11) is 0. The summed E-state index contributed by atoms with van der Waals surface area (Å²) in [5.41, 5.74) is -0.606. The summed E-state index contributed by atoms with van der Waals surface area (Å²) < 4.78 is 0. The fraction of sp³-hybridized carbons (Fsp3) is 0.778. The number of rotatable bonds is 5. The molecule has 2 N–H and O–H groups in total. The summed E-state index contributed by atoms with van der Waals surface area (Å²) in [6.07, 6.45) is 6.84. The summed E-state index contributed by atoms with van der Waals surface area (Å²) >= 11 is 0. The Morgan fingerprint density at radius 3 is 2.73 bits per heavy atom. The summed E-state index contributed by atoms with van der Waals surface area (Å²) in [4.78, 5) is 0. The zero-order chi connectivity index (χ0) is 8.74. The Hall–Kier alpha value is -0.520. The van der Waals surface area contributed by atoms with Crippen molar-refractivity contribution in [3.63, 3.8) is 0 Å². The van der Waals surface area contributed by atoms with Crippen LogP contribution in [0, 0.1) is 12.3 Å². The minimum Gasteiger partial charge on any atom is -0.389 e. The predicted octanol–water partition coefficient (Wildman–Crippen LogP) is 0.760. The summed E-state index contributed by atoms with van der Waals surface area (Å²) in [5, 5.41) is 12.6. The maximum Gasteiger partial charge on any atom is 0.0743 e. The molecule has 64 valence electrons. The molecular weight excluding hydrogens is 138 g/mol. The molecule has 0 aromatic carbocycles. The highest BCUT2D eigenvalue weighted by Gasteiger charge is 2.17. The van der Waals surface area contributed by atoms with Crippen molar-refractivity contribution in [1.29, 1.82) is 0 Å². The van der Waals surface area contributed by atoms with Crippen LogP contribution < -0.4 is 5.32 Å². The van der Waals surface area contributed by atoms with E-state index in [2.05, 4.69) is 18.2 Å². The van der Waals surface area contributed by atoms with Crippen LogP contribution >= 0.6 is 0 Å². The van der Waals surface area contributed by atoms with Gasteiger partial charge in [-0.15, -0.1) is 6.42 Å². The van der Waals surface area contributed by atoms with Crippen molar-refractivity contribution in [2.24, 2.45) is 0 Å². The predicted molar refractivity (Wildman–Crippen MR) is 47.2 cm³/mol. The van der Waals surface area contributed by atoms with Crippen LogP contribution in [0.15, 0.2) is 0 Å². The lowest BCUT2D eigenvalue weighted by Gasteiger charge is -2.22. The van der Waals surface area contributed by atoms with E-state index in [1.165, 1.54) is 0 Å². The van der Waals surface area contributed by atoms with Gasteiger partial charge in [-0.1, -0.05) is 19.3 Å². The molecule has 2 heteroatoms. The van der Waals surface area contributed by atoms with Crippen molar-refractivity contribution >= 4 is 0 Å². The van der Waals surface area contributed by atoms with Crippen LogP contribution in [-0.2, 0) is 0 Å². The van der Waals surface area contributed by atoms with Gasteiger partial charge in [0.2, 0.25) is 0 Å². The number of aliphatic hydroxyl groups is 1. The first kappa shape index (κ1) is 10.5. The Labute approximate surface area is 69.0 Å². The van der Waals surface area contributed by atoms with Crippen LogP contribution in [0.2, 0.25) is 0 Å². The molecule has 0 aliphatic heterocycles. The highest BCUT2D eigenvalue weighted by atomic mass is 16.3. The SMILES string of the molecule is C#CCNCC(C)(O)CCC. The van der Waals surface area contributed by atoms with Gasteiger partial charge in [-0.2, -0.15) is 0 Å². The molecule has 0 amide bonds. The van der Waals surface area contributed by atoms with E-state index in [1.807, 2.05) is 6.92 Å². The normalized spacial score (nSPS) is 15.5. The van der Waals surface area contributed by atoms with E-state index in [4.69, 9.17) is 6.42 Å². The van der Waals surface area contributed by atoms with Crippen molar-refractivity contribution < 1.29 is 5.11 Å². The first-order valence-corrected chi connectivity index (χ1v) is 3.99. The highest BCUT2D eigenvalue weighted by molar-refractivity contribution is 4.88. The van der Waals surface area contributed by atoms with E-state index >= 15 is 0 Å². The topological polar surface area (TPSA) is 32.3 Å². The molecule has 0 saturated carbocycles. The molecule has 0 rings (SSSR count). The Morgan fingerprint density at radius 2 is 2.27 bits per heavy atom. The molecule has 0 spiro atoms. The van der Waals surface area contributed by atoms with Crippen molar-refractivity contribution in [2.75, 3.05) is 13.1 Å². The maximum absolute atomic E-state index is 9.61. The molecule has 0 saturated heterocycles. The van der Waals surface area contributed by atoms with Gasteiger partial charge < -0.3 is 10.4 Å². The third kappa shape index (κ3) is 5.90. The van der Waals surface area contributed by atoms with Crippen LogP contribution in [-0.4, -0.2) is 23.8 Å². The second-order valence-electron chi connectivity index (χ2n) is 3.05. The molecule has 0 bridgehead atoms. The van der Waals surface area contributed by atoms with Crippen molar-refractivity contribution in [3.05, 3.63) is 0 Å². The van der Waals surface area contributed by atoms with E-state index in [0.717, 1.165) is 12.8 Å². The van der Waals surface area contributed by atoms with Crippen molar-refractivity contribution in [1.82, 2.24) is 5.32 Å². The minimum atomic E-state index is -0.606. The molecule has 0 heterocycles. The fourth-order valence-electron chi connectivity index (χ4n) is 1.03. The van der Waals surface area contributed by atoms with E-state index < -0.39 is 5.60 Å². The second kappa shape index (κ2) is 5.17. The van der Waals surface area contributed by atoms with E-state index in [1.54, 1.807) is 0 Å². The molecule has 1 unspecified atom stereocenters. The van der Waals surface area contributed by atoms with Crippen molar-refractivity contribution in [3.8, 4) is 12.3 Å². The number of nitrogens with one attached hydrogen (secondary N) is 1. The zero-order valence-electron chi connectivity index (χ0n) is 7.35. The molecule has 0 aromatic rings. The average molecular weight is 155 g/mol. The van der Waals surface area contributed by atoms with Gasteiger partial charge in [0.1, 0.15) is 0 Å². The molecular formula is C9H17NO.